The van der Waals surface area contributed by atoms with Crippen LogP contribution in [-0.4, -0.2) is 19.7 Å². The first-order valence-corrected chi connectivity index (χ1v) is 6.76. The maximum absolute atomic E-state index is 12.4. The third-order valence-corrected chi connectivity index (χ3v) is 3.58. The average molecular weight is 296 g/mol. The van der Waals surface area contributed by atoms with E-state index in [1.165, 1.54) is 0 Å². The van der Waals surface area contributed by atoms with Crippen molar-refractivity contribution in [2.45, 2.75) is 0 Å². The number of methoxy groups -OCH3 is 1. The molecule has 2 aliphatic rings. The standard InChI is InChI=1S/C17H12O5/c1-19-11-4-2-10(3-5-11)6-16-17(18)12-7-14-15(21-9-20-14)8-13(12)22-16/h2-8H,9H2,1H3/b16-6-. The lowest BCUT2D eigenvalue weighted by atomic mass is 10.1. The van der Waals surface area contributed by atoms with Crippen LogP contribution in [0.3, 0.4) is 0 Å². The number of carbonyl (C=O) groups is 1. The Bertz CT molecular complexity index is 789. The minimum absolute atomic E-state index is 0.163. The van der Waals surface area contributed by atoms with E-state index in [2.05, 4.69) is 0 Å². The molecule has 5 heteroatoms. The molecule has 2 heterocycles. The van der Waals surface area contributed by atoms with E-state index >= 15 is 0 Å². The number of hydrogen-bond acceptors (Lipinski definition) is 5. The topological polar surface area (TPSA) is 54.0 Å². The Morgan fingerprint density at radius 2 is 1.77 bits per heavy atom. The first kappa shape index (κ1) is 12.8. The molecule has 0 aliphatic carbocycles. The van der Waals surface area contributed by atoms with Crippen molar-refractivity contribution >= 4 is 11.9 Å². The molecule has 0 N–H and O–H groups in total. The Labute approximate surface area is 126 Å². The van der Waals surface area contributed by atoms with E-state index in [0.29, 0.717) is 22.8 Å². The average Bonchev–Trinajstić information content (AvgIpc) is 3.11. The van der Waals surface area contributed by atoms with Crippen molar-refractivity contribution in [2.75, 3.05) is 13.9 Å². The zero-order valence-electron chi connectivity index (χ0n) is 11.8. The first-order chi connectivity index (χ1) is 10.7. The number of Topliss-reactive ketones (excluding diaryl/α,β-unsaturated/α-hetero) is 1. The molecule has 0 bridgehead atoms. The van der Waals surface area contributed by atoms with Gasteiger partial charge >= 0.3 is 0 Å². The third-order valence-electron chi connectivity index (χ3n) is 3.58. The molecule has 0 saturated carbocycles. The van der Waals surface area contributed by atoms with Crippen LogP contribution in [0.4, 0.5) is 0 Å². The second-order valence-electron chi connectivity index (χ2n) is 4.91. The molecule has 2 aromatic rings. The van der Waals surface area contributed by atoms with E-state index in [1.807, 2.05) is 24.3 Å². The number of allylic oxidation sites excluding steroid dienone is 1. The molecule has 5 nitrogen and oxygen atoms in total. The van der Waals surface area contributed by atoms with Crippen LogP contribution in [0.2, 0.25) is 0 Å². The predicted octanol–water partition coefficient (Wildman–Crippen LogP) is 3.04. The summed E-state index contributed by atoms with van der Waals surface area (Å²) >= 11 is 0. The molecule has 110 valence electrons. The van der Waals surface area contributed by atoms with Gasteiger partial charge in [-0.25, -0.2) is 0 Å². The highest BCUT2D eigenvalue weighted by atomic mass is 16.7. The van der Waals surface area contributed by atoms with Crippen LogP contribution in [0.5, 0.6) is 23.0 Å². The summed E-state index contributed by atoms with van der Waals surface area (Å²) in [5.74, 6) is 2.54. The van der Waals surface area contributed by atoms with Crippen LogP contribution in [0, 0.1) is 0 Å². The monoisotopic (exact) mass is 296 g/mol. The van der Waals surface area contributed by atoms with Crippen molar-refractivity contribution in [1.82, 2.24) is 0 Å². The maximum atomic E-state index is 12.4. The van der Waals surface area contributed by atoms with Gasteiger partial charge in [-0.3, -0.25) is 4.79 Å². The van der Waals surface area contributed by atoms with Gasteiger partial charge in [-0.2, -0.15) is 0 Å². The molecular formula is C17H12O5. The van der Waals surface area contributed by atoms with E-state index < -0.39 is 0 Å². The van der Waals surface area contributed by atoms with Gasteiger partial charge in [-0.1, -0.05) is 12.1 Å². The Balaban J connectivity index is 1.67. The van der Waals surface area contributed by atoms with Crippen LogP contribution >= 0.6 is 0 Å². The molecule has 0 unspecified atom stereocenters. The fraction of sp³-hybridized carbons (Fsp3) is 0.118. The van der Waals surface area contributed by atoms with Crippen molar-refractivity contribution < 1.29 is 23.7 Å². The van der Waals surface area contributed by atoms with Crippen LogP contribution in [0.1, 0.15) is 15.9 Å². The van der Waals surface area contributed by atoms with Gasteiger partial charge in [0.25, 0.3) is 0 Å². The van der Waals surface area contributed by atoms with Gasteiger partial charge < -0.3 is 18.9 Å². The summed E-state index contributed by atoms with van der Waals surface area (Å²) in [5.41, 5.74) is 1.35. The molecule has 22 heavy (non-hydrogen) atoms. The van der Waals surface area contributed by atoms with Crippen molar-refractivity contribution in [1.29, 1.82) is 0 Å². The molecule has 0 saturated heterocycles. The summed E-state index contributed by atoms with van der Waals surface area (Å²) in [7, 11) is 1.61. The zero-order chi connectivity index (χ0) is 15.1. The Morgan fingerprint density at radius 1 is 1.05 bits per heavy atom. The van der Waals surface area contributed by atoms with Crippen LogP contribution in [-0.2, 0) is 0 Å². The van der Waals surface area contributed by atoms with Gasteiger partial charge in [0, 0.05) is 6.07 Å². The van der Waals surface area contributed by atoms with Crippen LogP contribution < -0.4 is 18.9 Å². The summed E-state index contributed by atoms with van der Waals surface area (Å²) in [6.07, 6.45) is 1.70. The van der Waals surface area contributed by atoms with Crippen molar-refractivity contribution in [3.63, 3.8) is 0 Å². The predicted molar refractivity (Wildman–Crippen MR) is 78.5 cm³/mol. The summed E-state index contributed by atoms with van der Waals surface area (Å²) in [4.78, 5) is 12.4. The number of benzene rings is 2. The lowest BCUT2D eigenvalue weighted by Crippen LogP contribution is -1.98. The van der Waals surface area contributed by atoms with E-state index in [0.717, 1.165) is 11.3 Å². The van der Waals surface area contributed by atoms with Crippen LogP contribution in [0.15, 0.2) is 42.2 Å². The summed E-state index contributed by atoms with van der Waals surface area (Å²) in [6, 6.07) is 10.7. The molecule has 4 rings (SSSR count). The van der Waals surface area contributed by atoms with Gasteiger partial charge in [-0.15, -0.1) is 0 Å². The molecule has 2 aromatic carbocycles. The smallest absolute Gasteiger partial charge is 0.232 e. The highest BCUT2D eigenvalue weighted by Crippen LogP contribution is 2.42. The fourth-order valence-electron chi connectivity index (χ4n) is 2.43. The van der Waals surface area contributed by atoms with Crippen molar-refractivity contribution in [2.24, 2.45) is 0 Å². The summed E-state index contributed by atoms with van der Waals surface area (Å²) in [6.45, 7) is 0.168. The molecule has 0 fully saturated rings. The molecule has 0 radical (unpaired) electrons. The second-order valence-corrected chi connectivity index (χ2v) is 4.91. The van der Waals surface area contributed by atoms with Gasteiger partial charge in [0.2, 0.25) is 12.6 Å². The molecule has 0 amide bonds. The van der Waals surface area contributed by atoms with Gasteiger partial charge in [-0.05, 0) is 29.8 Å². The van der Waals surface area contributed by atoms with Gasteiger partial charge in [0.15, 0.2) is 17.3 Å². The summed E-state index contributed by atoms with van der Waals surface area (Å²) < 4.78 is 21.3. The second kappa shape index (κ2) is 4.80. The summed E-state index contributed by atoms with van der Waals surface area (Å²) in [5, 5.41) is 0. The van der Waals surface area contributed by atoms with E-state index in [9.17, 15) is 4.79 Å². The Morgan fingerprint density at radius 3 is 2.50 bits per heavy atom. The Hall–Kier alpha value is -2.95. The molecule has 2 aliphatic heterocycles. The number of ketones is 1. The maximum Gasteiger partial charge on any atom is 0.232 e. The van der Waals surface area contributed by atoms with Crippen LogP contribution in [0.25, 0.3) is 6.08 Å². The van der Waals surface area contributed by atoms with E-state index in [-0.39, 0.29) is 18.3 Å². The fourth-order valence-corrected chi connectivity index (χ4v) is 2.43. The number of carbonyl (C=O) groups excluding carboxylic acids is 1. The van der Waals surface area contributed by atoms with Gasteiger partial charge in [0.05, 0.1) is 12.7 Å². The SMILES string of the molecule is COc1ccc(/C=C2\Oc3cc4c(cc3C2=O)OCO4)cc1. The normalized spacial score (nSPS) is 16.6. The zero-order valence-corrected chi connectivity index (χ0v) is 11.8. The minimum atomic E-state index is -0.163. The number of rotatable bonds is 2. The number of ether oxygens (including phenoxy) is 4. The van der Waals surface area contributed by atoms with Gasteiger partial charge in [0.1, 0.15) is 11.5 Å². The number of fused-ring (bicyclic) bond motifs is 2. The Kier molecular flexibility index (Phi) is 2.79. The lowest BCUT2D eigenvalue weighted by Gasteiger charge is -2.01. The van der Waals surface area contributed by atoms with Crippen molar-refractivity contribution in [3.8, 4) is 23.0 Å². The largest absolute Gasteiger partial charge is 0.497 e. The van der Waals surface area contributed by atoms with E-state index in [1.54, 1.807) is 25.3 Å². The molecule has 0 atom stereocenters. The minimum Gasteiger partial charge on any atom is -0.497 e. The van der Waals surface area contributed by atoms with Crippen molar-refractivity contribution in [3.05, 3.63) is 53.3 Å². The highest BCUT2D eigenvalue weighted by Gasteiger charge is 2.31. The lowest BCUT2D eigenvalue weighted by molar-refractivity contribution is 0.101. The quantitative estimate of drug-likeness (QED) is 0.797. The molecular weight excluding hydrogens is 284 g/mol. The highest BCUT2D eigenvalue weighted by molar-refractivity contribution is 6.14. The first-order valence-electron chi connectivity index (χ1n) is 6.76. The molecule has 0 spiro atoms. The molecule has 0 aromatic heterocycles. The van der Waals surface area contributed by atoms with E-state index in [4.69, 9.17) is 18.9 Å². The number of hydrogen-bond donors (Lipinski definition) is 0. The third kappa shape index (κ3) is 1.98.